The lowest BCUT2D eigenvalue weighted by atomic mass is 10.1. The molecule has 1 aliphatic heterocycles. The molecule has 0 amide bonds. The number of aromatic nitrogens is 4. The Morgan fingerprint density at radius 1 is 1.24 bits per heavy atom. The predicted octanol–water partition coefficient (Wildman–Crippen LogP) is 6.78. The van der Waals surface area contributed by atoms with Crippen molar-refractivity contribution in [3.63, 3.8) is 0 Å². The highest BCUT2D eigenvalue weighted by Crippen LogP contribution is 2.32. The summed E-state index contributed by atoms with van der Waals surface area (Å²) in [5.74, 6) is 0.693. The Morgan fingerprint density at radius 2 is 2.08 bits per heavy atom. The van der Waals surface area contributed by atoms with Gasteiger partial charge in [-0.3, -0.25) is 4.40 Å². The zero-order chi connectivity index (χ0) is 25.8. The molecule has 2 N–H and O–H groups in total. The van der Waals surface area contributed by atoms with Crippen LogP contribution < -0.4 is 5.32 Å². The first-order valence-corrected chi connectivity index (χ1v) is 13.9. The predicted molar refractivity (Wildman–Crippen MR) is 154 cm³/mol. The molecule has 4 aromatic rings. The van der Waals surface area contributed by atoms with E-state index in [1.165, 1.54) is 16.5 Å². The van der Waals surface area contributed by atoms with Crippen LogP contribution in [-0.4, -0.2) is 47.9 Å². The highest BCUT2D eigenvalue weighted by molar-refractivity contribution is 7.97. The molecule has 190 valence electrons. The van der Waals surface area contributed by atoms with Crippen LogP contribution in [0.3, 0.4) is 0 Å². The number of nitrogens with one attached hydrogen (secondary N) is 1. The minimum Gasteiger partial charge on any atom is -0.508 e. The minimum atomic E-state index is 0.0887. The number of piperidine rings is 1. The molecule has 37 heavy (non-hydrogen) atoms. The van der Waals surface area contributed by atoms with Gasteiger partial charge in [0.05, 0.1) is 11.4 Å². The number of hydrogen-bond donors (Lipinski definition) is 2. The van der Waals surface area contributed by atoms with Gasteiger partial charge in [-0.1, -0.05) is 30.4 Å². The quantitative estimate of drug-likeness (QED) is 0.148. The van der Waals surface area contributed by atoms with Crippen molar-refractivity contribution < 1.29 is 5.11 Å². The van der Waals surface area contributed by atoms with E-state index in [-0.39, 0.29) is 11.8 Å². The molecule has 0 aliphatic carbocycles. The molecule has 0 bridgehead atoms. The summed E-state index contributed by atoms with van der Waals surface area (Å²) in [6, 6.07) is 10.8. The first kappa shape index (κ1) is 25.3. The van der Waals surface area contributed by atoms with E-state index in [2.05, 4.69) is 52.4 Å². The summed E-state index contributed by atoms with van der Waals surface area (Å²) in [5, 5.41) is 15.7. The Bertz CT molecular complexity index is 1450. The molecule has 7 nitrogen and oxygen atoms in total. The molecular weight excluding hydrogens is 500 g/mol. The number of aliphatic hydroxyl groups excluding tert-OH is 1. The molecule has 9 heteroatoms. The Kier molecular flexibility index (Phi) is 7.73. The van der Waals surface area contributed by atoms with Gasteiger partial charge >= 0.3 is 0 Å². The van der Waals surface area contributed by atoms with E-state index in [0.29, 0.717) is 5.95 Å². The van der Waals surface area contributed by atoms with Crippen LogP contribution in [0.4, 0.5) is 5.95 Å². The van der Waals surface area contributed by atoms with E-state index in [1.54, 1.807) is 23.6 Å². The standard InChI is InChI=1S/C28H30N6OS2/c1-4-20(17-22(35)5-2)25-26(34-15-16-36-28(34)32-25)24-12-13-29-27(31-24)30-21-7-6-14-33(18-21)37-23-10-8-19(3)9-11-23/h4-5,8-13,15-17,21,35H,2,6-7,14,18H2,1,3H3,(H,29,30,31)/b20-4+,22-17+. The van der Waals surface area contributed by atoms with Gasteiger partial charge in [-0.15, -0.1) is 11.3 Å². The number of benzene rings is 1. The molecule has 1 aromatic carbocycles. The van der Waals surface area contributed by atoms with Gasteiger partial charge in [0.15, 0.2) is 4.96 Å². The zero-order valence-electron chi connectivity index (χ0n) is 21.0. The Morgan fingerprint density at radius 3 is 2.86 bits per heavy atom. The molecule has 1 fully saturated rings. The van der Waals surface area contributed by atoms with Gasteiger partial charge in [-0.2, -0.15) is 0 Å². The van der Waals surface area contributed by atoms with Crippen molar-refractivity contribution in [1.29, 1.82) is 0 Å². The van der Waals surface area contributed by atoms with Crippen molar-refractivity contribution >= 4 is 39.8 Å². The average molecular weight is 531 g/mol. The third-order valence-corrected chi connectivity index (χ3v) is 8.06. The molecule has 3 aromatic heterocycles. The van der Waals surface area contributed by atoms with Gasteiger partial charge in [-0.25, -0.2) is 19.3 Å². The Hall–Kier alpha value is -3.40. The van der Waals surface area contributed by atoms with Gasteiger partial charge in [0.2, 0.25) is 5.95 Å². The van der Waals surface area contributed by atoms with E-state index >= 15 is 0 Å². The highest BCUT2D eigenvalue weighted by atomic mass is 32.2. The number of anilines is 1. The maximum absolute atomic E-state index is 10.1. The molecule has 0 radical (unpaired) electrons. The van der Waals surface area contributed by atoms with E-state index in [1.807, 2.05) is 47.0 Å². The second-order valence-corrected chi connectivity index (χ2v) is 11.0. The first-order valence-electron chi connectivity index (χ1n) is 12.3. The molecule has 0 spiro atoms. The molecule has 5 rings (SSSR count). The summed E-state index contributed by atoms with van der Waals surface area (Å²) in [7, 11) is 0. The maximum atomic E-state index is 10.1. The largest absolute Gasteiger partial charge is 0.508 e. The van der Waals surface area contributed by atoms with Crippen LogP contribution in [0.5, 0.6) is 0 Å². The lowest BCUT2D eigenvalue weighted by molar-refractivity contribution is 0.355. The van der Waals surface area contributed by atoms with Gasteiger partial charge in [0.1, 0.15) is 11.5 Å². The number of aliphatic hydroxyl groups is 1. The molecule has 0 saturated carbocycles. The van der Waals surface area contributed by atoms with Crippen LogP contribution >= 0.6 is 23.3 Å². The summed E-state index contributed by atoms with van der Waals surface area (Å²) in [6.45, 7) is 9.66. The van der Waals surface area contributed by atoms with E-state index in [4.69, 9.17) is 9.97 Å². The van der Waals surface area contributed by atoms with Gasteiger partial charge in [0.25, 0.3) is 0 Å². The second-order valence-electron chi connectivity index (χ2n) is 8.92. The summed E-state index contributed by atoms with van der Waals surface area (Å²) in [5.41, 5.74) is 4.46. The fourth-order valence-corrected chi connectivity index (χ4v) is 6.12. The fourth-order valence-electron chi connectivity index (χ4n) is 4.37. The maximum Gasteiger partial charge on any atom is 0.223 e. The van der Waals surface area contributed by atoms with E-state index < -0.39 is 0 Å². The number of thiazole rings is 1. The number of hydrogen-bond acceptors (Lipinski definition) is 8. The number of fused-ring (bicyclic) bond motifs is 1. The number of nitrogens with zero attached hydrogens (tertiary/aromatic N) is 5. The Balaban J connectivity index is 1.38. The number of allylic oxidation sites excluding steroid dienone is 4. The smallest absolute Gasteiger partial charge is 0.223 e. The van der Waals surface area contributed by atoms with Gasteiger partial charge < -0.3 is 10.4 Å². The first-order chi connectivity index (χ1) is 18.0. The number of imidazole rings is 1. The van der Waals surface area contributed by atoms with Crippen molar-refractivity contribution in [1.82, 2.24) is 23.7 Å². The monoisotopic (exact) mass is 530 g/mol. The van der Waals surface area contributed by atoms with Crippen LogP contribution in [-0.2, 0) is 0 Å². The SMILES string of the molecule is C=C/C(O)=C\C(=C/C)c1nc2sccn2c1-c1ccnc(NC2CCCN(Sc3ccc(C)cc3)C2)n1. The topological polar surface area (TPSA) is 78.6 Å². The van der Waals surface area contributed by atoms with Crippen LogP contribution in [0.25, 0.3) is 21.9 Å². The minimum absolute atomic E-state index is 0.0887. The molecule has 1 unspecified atom stereocenters. The van der Waals surface area contributed by atoms with Crippen LogP contribution in [0.15, 0.2) is 83.6 Å². The van der Waals surface area contributed by atoms with Crippen LogP contribution in [0, 0.1) is 6.92 Å². The number of rotatable bonds is 8. The number of aryl methyl sites for hydroxylation is 1. The van der Waals surface area contributed by atoms with E-state index in [0.717, 1.165) is 53.5 Å². The van der Waals surface area contributed by atoms with Crippen molar-refractivity contribution in [2.45, 2.75) is 37.6 Å². The second kappa shape index (κ2) is 11.3. The summed E-state index contributed by atoms with van der Waals surface area (Å²) in [4.78, 5) is 16.4. The highest BCUT2D eigenvalue weighted by Gasteiger charge is 2.23. The average Bonchev–Trinajstić information content (AvgIpc) is 3.50. The van der Waals surface area contributed by atoms with Gasteiger partial charge in [-0.05, 0) is 69.0 Å². The summed E-state index contributed by atoms with van der Waals surface area (Å²) < 4.78 is 4.45. The van der Waals surface area contributed by atoms with Crippen LogP contribution in [0.1, 0.15) is 31.0 Å². The Labute approximate surface area is 225 Å². The normalized spacial score (nSPS) is 17.3. The molecule has 1 aliphatic rings. The molecule has 4 heterocycles. The van der Waals surface area contributed by atoms with Crippen molar-refractivity contribution in [3.8, 4) is 11.4 Å². The van der Waals surface area contributed by atoms with Crippen molar-refractivity contribution in [2.75, 3.05) is 18.4 Å². The van der Waals surface area contributed by atoms with Crippen molar-refractivity contribution in [3.05, 3.63) is 89.9 Å². The lowest BCUT2D eigenvalue weighted by Gasteiger charge is -2.32. The summed E-state index contributed by atoms with van der Waals surface area (Å²) >= 11 is 3.37. The summed E-state index contributed by atoms with van der Waals surface area (Å²) in [6.07, 6.45) is 11.0. The molecular formula is C28H30N6OS2. The molecule has 1 atom stereocenters. The van der Waals surface area contributed by atoms with Crippen LogP contribution in [0.2, 0.25) is 0 Å². The molecule has 1 saturated heterocycles. The third-order valence-electron chi connectivity index (χ3n) is 6.23. The fraction of sp³-hybridized carbons (Fsp3) is 0.250. The zero-order valence-corrected chi connectivity index (χ0v) is 22.6. The lowest BCUT2D eigenvalue weighted by Crippen LogP contribution is -2.38. The van der Waals surface area contributed by atoms with E-state index in [9.17, 15) is 5.11 Å². The third kappa shape index (κ3) is 5.79. The van der Waals surface area contributed by atoms with Crippen molar-refractivity contribution in [2.24, 2.45) is 0 Å². The van der Waals surface area contributed by atoms with Gasteiger partial charge in [0, 0.05) is 47.4 Å².